The molecule has 0 aromatic heterocycles. The van der Waals surface area contributed by atoms with Gasteiger partial charge < -0.3 is 0 Å². The molecule has 0 N–H and O–H groups in total. The first-order valence-electron chi connectivity index (χ1n) is 4.25. The van der Waals surface area contributed by atoms with Crippen LogP contribution in [0.15, 0.2) is 11.6 Å². The van der Waals surface area contributed by atoms with Crippen LogP contribution < -0.4 is 0 Å². The Bertz CT molecular complexity index is 248. The summed E-state index contributed by atoms with van der Waals surface area (Å²) in [6.45, 7) is 8.27. The standard InChI is InChI=1S/C12H16/c1-6-12(11(4)5)9-7-8-10(2)3/h1,9-11H,2-5H3/b12-9+. The van der Waals surface area contributed by atoms with Crippen LogP contribution in [0.4, 0.5) is 0 Å². The van der Waals surface area contributed by atoms with Crippen molar-refractivity contribution in [1.29, 1.82) is 0 Å². The molecule has 0 aromatic carbocycles. The van der Waals surface area contributed by atoms with E-state index in [0.717, 1.165) is 5.57 Å². The van der Waals surface area contributed by atoms with Gasteiger partial charge in [0, 0.05) is 11.5 Å². The molecule has 0 bridgehead atoms. The normalized spacial score (nSPS) is 10.9. The fraction of sp³-hybridized carbons (Fsp3) is 0.500. The molecule has 0 aliphatic carbocycles. The van der Waals surface area contributed by atoms with Crippen molar-refractivity contribution in [3.8, 4) is 24.2 Å². The largest absolute Gasteiger partial charge is 0.115 e. The van der Waals surface area contributed by atoms with Crippen LogP contribution in [0.1, 0.15) is 27.7 Å². The topological polar surface area (TPSA) is 0 Å². The maximum absolute atomic E-state index is 5.30. The summed E-state index contributed by atoms with van der Waals surface area (Å²) < 4.78 is 0. The quantitative estimate of drug-likeness (QED) is 0.517. The first-order chi connectivity index (χ1) is 5.57. The lowest BCUT2D eigenvalue weighted by molar-refractivity contribution is 0.799. The molecule has 0 aromatic rings. The second kappa shape index (κ2) is 5.50. The lowest BCUT2D eigenvalue weighted by Crippen LogP contribution is -1.89. The molecule has 0 amide bonds. The van der Waals surface area contributed by atoms with Crippen molar-refractivity contribution in [1.82, 2.24) is 0 Å². The highest BCUT2D eigenvalue weighted by molar-refractivity contribution is 5.34. The molecule has 0 heterocycles. The molecular weight excluding hydrogens is 144 g/mol. The number of allylic oxidation sites excluding steroid dienone is 2. The Hall–Kier alpha value is -1.14. The van der Waals surface area contributed by atoms with Gasteiger partial charge in [0.15, 0.2) is 0 Å². The first kappa shape index (κ1) is 10.9. The van der Waals surface area contributed by atoms with Crippen LogP contribution >= 0.6 is 0 Å². The Morgan fingerprint density at radius 3 is 2.17 bits per heavy atom. The van der Waals surface area contributed by atoms with Crippen LogP contribution in [0.2, 0.25) is 0 Å². The van der Waals surface area contributed by atoms with E-state index in [-0.39, 0.29) is 0 Å². The Labute approximate surface area is 76.1 Å². The van der Waals surface area contributed by atoms with Gasteiger partial charge in [-0.15, -0.1) is 6.42 Å². The molecule has 0 saturated heterocycles. The molecule has 0 nitrogen and oxygen atoms in total. The summed E-state index contributed by atoms with van der Waals surface area (Å²) in [7, 11) is 0. The number of hydrogen-bond acceptors (Lipinski definition) is 0. The summed E-state index contributed by atoms with van der Waals surface area (Å²) in [4.78, 5) is 0. The van der Waals surface area contributed by atoms with E-state index in [1.54, 1.807) is 0 Å². The molecule has 0 spiro atoms. The van der Waals surface area contributed by atoms with Gasteiger partial charge in [-0.25, -0.2) is 0 Å². The van der Waals surface area contributed by atoms with E-state index >= 15 is 0 Å². The smallest absolute Gasteiger partial charge is 0.0149 e. The van der Waals surface area contributed by atoms with Gasteiger partial charge in [-0.05, 0) is 12.0 Å². The van der Waals surface area contributed by atoms with Crippen molar-refractivity contribution in [3.63, 3.8) is 0 Å². The van der Waals surface area contributed by atoms with E-state index in [1.165, 1.54) is 0 Å². The lowest BCUT2D eigenvalue weighted by Gasteiger charge is -1.99. The first-order valence-corrected chi connectivity index (χ1v) is 4.25. The molecule has 0 fully saturated rings. The molecule has 0 unspecified atom stereocenters. The molecule has 0 atom stereocenters. The highest BCUT2D eigenvalue weighted by Gasteiger charge is 1.96. The Kier molecular flexibility index (Phi) is 4.98. The average molecular weight is 160 g/mol. The van der Waals surface area contributed by atoms with E-state index in [0.29, 0.717) is 11.8 Å². The van der Waals surface area contributed by atoms with Gasteiger partial charge in [0.1, 0.15) is 0 Å². The molecular formula is C12H16. The van der Waals surface area contributed by atoms with Crippen LogP contribution in [-0.4, -0.2) is 0 Å². The maximum Gasteiger partial charge on any atom is 0.0149 e. The van der Waals surface area contributed by atoms with Crippen molar-refractivity contribution in [2.75, 3.05) is 0 Å². The second-order valence-corrected chi connectivity index (χ2v) is 3.34. The summed E-state index contributed by atoms with van der Waals surface area (Å²) in [5.74, 6) is 9.45. The van der Waals surface area contributed by atoms with Gasteiger partial charge in [-0.2, -0.15) is 0 Å². The SMILES string of the molecule is C#C/C(=C\C#CC(C)C)C(C)C. The van der Waals surface area contributed by atoms with E-state index < -0.39 is 0 Å². The highest BCUT2D eigenvalue weighted by atomic mass is 14.0. The zero-order valence-electron chi connectivity index (χ0n) is 8.31. The third-order valence-corrected chi connectivity index (χ3v) is 1.39. The molecule has 0 radical (unpaired) electrons. The van der Waals surface area contributed by atoms with Crippen LogP contribution in [0.5, 0.6) is 0 Å². The number of terminal acetylenes is 1. The van der Waals surface area contributed by atoms with Gasteiger partial charge in [0.2, 0.25) is 0 Å². The summed E-state index contributed by atoms with van der Waals surface area (Å²) in [5.41, 5.74) is 0.975. The van der Waals surface area contributed by atoms with Crippen molar-refractivity contribution in [2.45, 2.75) is 27.7 Å². The van der Waals surface area contributed by atoms with Crippen LogP contribution in [0.25, 0.3) is 0 Å². The van der Waals surface area contributed by atoms with E-state index in [2.05, 4.69) is 45.5 Å². The lowest BCUT2D eigenvalue weighted by atomic mass is 10.0. The van der Waals surface area contributed by atoms with E-state index in [1.807, 2.05) is 6.08 Å². The van der Waals surface area contributed by atoms with Crippen molar-refractivity contribution in [2.24, 2.45) is 11.8 Å². The van der Waals surface area contributed by atoms with Crippen LogP contribution in [0, 0.1) is 36.0 Å². The van der Waals surface area contributed by atoms with Crippen LogP contribution in [0.3, 0.4) is 0 Å². The van der Waals surface area contributed by atoms with Gasteiger partial charge in [-0.3, -0.25) is 0 Å². The summed E-state index contributed by atoms with van der Waals surface area (Å²) in [5, 5.41) is 0. The molecule has 12 heavy (non-hydrogen) atoms. The minimum atomic E-state index is 0.400. The highest BCUT2D eigenvalue weighted by Crippen LogP contribution is 2.06. The average Bonchev–Trinajstić information content (AvgIpc) is 1.96. The van der Waals surface area contributed by atoms with Crippen LogP contribution in [-0.2, 0) is 0 Å². The third kappa shape index (κ3) is 4.64. The number of hydrogen-bond donors (Lipinski definition) is 0. The minimum absolute atomic E-state index is 0.400. The molecule has 0 aliphatic heterocycles. The zero-order valence-corrected chi connectivity index (χ0v) is 8.31. The van der Waals surface area contributed by atoms with E-state index in [4.69, 9.17) is 6.42 Å². The van der Waals surface area contributed by atoms with Crippen molar-refractivity contribution >= 4 is 0 Å². The Balaban J connectivity index is 4.37. The molecule has 64 valence electrons. The van der Waals surface area contributed by atoms with Gasteiger partial charge >= 0.3 is 0 Å². The molecule has 0 rings (SSSR count). The predicted octanol–water partition coefficient (Wildman–Crippen LogP) is 2.86. The predicted molar refractivity (Wildman–Crippen MR) is 54.4 cm³/mol. The fourth-order valence-electron chi connectivity index (χ4n) is 0.661. The summed E-state index contributed by atoms with van der Waals surface area (Å²) >= 11 is 0. The minimum Gasteiger partial charge on any atom is -0.115 e. The van der Waals surface area contributed by atoms with Gasteiger partial charge in [0.05, 0.1) is 0 Å². The second-order valence-electron chi connectivity index (χ2n) is 3.34. The summed E-state index contributed by atoms with van der Waals surface area (Å²) in [6.07, 6.45) is 7.14. The van der Waals surface area contributed by atoms with Crippen molar-refractivity contribution in [3.05, 3.63) is 11.6 Å². The third-order valence-electron chi connectivity index (χ3n) is 1.39. The fourth-order valence-corrected chi connectivity index (χ4v) is 0.661. The molecule has 0 heteroatoms. The molecule has 0 aliphatic rings. The monoisotopic (exact) mass is 160 g/mol. The zero-order chi connectivity index (χ0) is 9.56. The summed E-state index contributed by atoms with van der Waals surface area (Å²) in [6, 6.07) is 0. The maximum atomic E-state index is 5.30. The van der Waals surface area contributed by atoms with Crippen molar-refractivity contribution < 1.29 is 0 Å². The Morgan fingerprint density at radius 2 is 1.83 bits per heavy atom. The van der Waals surface area contributed by atoms with Gasteiger partial charge in [-0.1, -0.05) is 45.5 Å². The molecule has 0 saturated carbocycles. The number of rotatable bonds is 1. The van der Waals surface area contributed by atoms with E-state index in [9.17, 15) is 0 Å². The van der Waals surface area contributed by atoms with Gasteiger partial charge in [0.25, 0.3) is 0 Å². The Morgan fingerprint density at radius 1 is 1.25 bits per heavy atom.